The molecule has 5 nitrogen and oxygen atoms in total. The van der Waals surface area contributed by atoms with Gasteiger partial charge in [0, 0.05) is 19.4 Å². The van der Waals surface area contributed by atoms with E-state index in [4.69, 9.17) is 4.52 Å². The van der Waals surface area contributed by atoms with Crippen molar-refractivity contribution in [3.8, 4) is 0 Å². The second kappa shape index (κ2) is 4.01. The molecule has 2 heterocycles. The van der Waals surface area contributed by atoms with E-state index in [9.17, 15) is 13.2 Å². The topological polar surface area (TPSA) is 77.2 Å². The fourth-order valence-corrected chi connectivity index (χ4v) is 3.73. The Labute approximate surface area is 93.7 Å². The Balaban J connectivity index is 2.12. The van der Waals surface area contributed by atoms with Crippen molar-refractivity contribution in [3.63, 3.8) is 0 Å². The van der Waals surface area contributed by atoms with Gasteiger partial charge in [-0.1, -0.05) is 5.16 Å². The summed E-state index contributed by atoms with van der Waals surface area (Å²) in [6, 6.07) is 1.52. The standard InChI is InChI=1S/C10H13NO4S/c1-7(12)10-6-8(15-11-10)5-9-3-2-4-16(9,13)14/h6,9H,2-5H2,1H3. The quantitative estimate of drug-likeness (QED) is 0.740. The van der Waals surface area contributed by atoms with Gasteiger partial charge in [0.15, 0.2) is 15.6 Å². The lowest BCUT2D eigenvalue weighted by Crippen LogP contribution is -2.18. The molecule has 16 heavy (non-hydrogen) atoms. The van der Waals surface area contributed by atoms with Crippen LogP contribution in [0.15, 0.2) is 10.6 Å². The Morgan fingerprint density at radius 2 is 2.38 bits per heavy atom. The van der Waals surface area contributed by atoms with E-state index < -0.39 is 9.84 Å². The van der Waals surface area contributed by atoms with Crippen LogP contribution in [0.2, 0.25) is 0 Å². The van der Waals surface area contributed by atoms with Gasteiger partial charge < -0.3 is 4.52 Å². The Kier molecular flexibility index (Phi) is 2.84. The predicted molar refractivity (Wildman–Crippen MR) is 57.0 cm³/mol. The third-order valence-corrected chi connectivity index (χ3v) is 5.09. The average molecular weight is 243 g/mol. The molecule has 1 unspecified atom stereocenters. The highest BCUT2D eigenvalue weighted by atomic mass is 32.2. The van der Waals surface area contributed by atoms with Crippen molar-refractivity contribution in [1.29, 1.82) is 0 Å². The molecule has 0 radical (unpaired) electrons. The average Bonchev–Trinajstić information content (AvgIpc) is 2.75. The normalized spacial score (nSPS) is 23.4. The first-order chi connectivity index (χ1) is 7.49. The summed E-state index contributed by atoms with van der Waals surface area (Å²) in [4.78, 5) is 11.0. The second-order valence-electron chi connectivity index (χ2n) is 4.07. The van der Waals surface area contributed by atoms with Gasteiger partial charge in [-0.05, 0) is 12.8 Å². The number of hydrogen-bond donors (Lipinski definition) is 0. The molecule has 1 aliphatic heterocycles. The summed E-state index contributed by atoms with van der Waals surface area (Å²) < 4.78 is 28.1. The maximum atomic E-state index is 11.6. The van der Waals surface area contributed by atoms with Crippen LogP contribution in [0.4, 0.5) is 0 Å². The molecule has 88 valence electrons. The van der Waals surface area contributed by atoms with E-state index in [0.717, 1.165) is 0 Å². The molecular formula is C10H13NO4S. The summed E-state index contributed by atoms with van der Waals surface area (Å²) in [5, 5.41) is 3.21. The number of rotatable bonds is 3. The SMILES string of the molecule is CC(=O)c1cc(CC2CCCS2(=O)=O)on1. The van der Waals surface area contributed by atoms with E-state index in [1.54, 1.807) is 0 Å². The summed E-state index contributed by atoms with van der Waals surface area (Å²) in [5.41, 5.74) is 0.255. The highest BCUT2D eigenvalue weighted by Crippen LogP contribution is 2.23. The summed E-state index contributed by atoms with van der Waals surface area (Å²) in [6.07, 6.45) is 1.70. The van der Waals surface area contributed by atoms with E-state index in [1.165, 1.54) is 13.0 Å². The first-order valence-electron chi connectivity index (χ1n) is 5.17. The fraction of sp³-hybridized carbons (Fsp3) is 0.600. The Morgan fingerprint density at radius 3 is 2.88 bits per heavy atom. The molecule has 0 spiro atoms. The van der Waals surface area contributed by atoms with Gasteiger partial charge in [-0.3, -0.25) is 4.79 Å². The highest BCUT2D eigenvalue weighted by Gasteiger charge is 2.32. The molecule has 1 aromatic heterocycles. The molecule has 0 bridgehead atoms. The number of nitrogens with zero attached hydrogens (tertiary/aromatic N) is 1. The second-order valence-corrected chi connectivity index (χ2v) is 6.47. The number of aromatic nitrogens is 1. The number of carbonyl (C=O) groups is 1. The van der Waals surface area contributed by atoms with Crippen molar-refractivity contribution in [3.05, 3.63) is 17.5 Å². The number of carbonyl (C=O) groups excluding carboxylic acids is 1. The zero-order chi connectivity index (χ0) is 11.8. The lowest BCUT2D eigenvalue weighted by Gasteiger charge is -2.04. The van der Waals surface area contributed by atoms with Crippen LogP contribution in [0.25, 0.3) is 0 Å². The van der Waals surface area contributed by atoms with Crippen LogP contribution in [0, 0.1) is 0 Å². The number of hydrogen-bond acceptors (Lipinski definition) is 5. The Hall–Kier alpha value is -1.17. The van der Waals surface area contributed by atoms with Gasteiger partial charge in [-0.2, -0.15) is 0 Å². The van der Waals surface area contributed by atoms with Crippen molar-refractivity contribution in [2.75, 3.05) is 5.75 Å². The molecule has 0 aromatic carbocycles. The Morgan fingerprint density at radius 1 is 1.62 bits per heavy atom. The van der Waals surface area contributed by atoms with Crippen molar-refractivity contribution in [2.45, 2.75) is 31.4 Å². The van der Waals surface area contributed by atoms with Crippen LogP contribution in [-0.4, -0.2) is 30.4 Å². The van der Waals surface area contributed by atoms with Gasteiger partial charge in [0.05, 0.1) is 11.0 Å². The van der Waals surface area contributed by atoms with Crippen LogP contribution in [0.1, 0.15) is 36.0 Å². The Bertz CT molecular complexity index is 503. The van der Waals surface area contributed by atoms with Crippen molar-refractivity contribution < 1.29 is 17.7 Å². The molecule has 0 saturated carbocycles. The molecule has 0 amide bonds. The molecule has 1 aliphatic rings. The maximum absolute atomic E-state index is 11.6. The minimum Gasteiger partial charge on any atom is -0.361 e. The first kappa shape index (κ1) is 11.3. The van der Waals surface area contributed by atoms with Gasteiger partial charge in [-0.15, -0.1) is 0 Å². The van der Waals surface area contributed by atoms with Crippen molar-refractivity contribution in [1.82, 2.24) is 5.16 Å². The number of Topliss-reactive ketones (excluding diaryl/α,β-unsaturated/α-hetero) is 1. The number of ketones is 1. The monoisotopic (exact) mass is 243 g/mol. The van der Waals surface area contributed by atoms with Gasteiger partial charge in [-0.25, -0.2) is 8.42 Å². The summed E-state index contributed by atoms with van der Waals surface area (Å²) in [5.74, 6) is 0.552. The lowest BCUT2D eigenvalue weighted by molar-refractivity contribution is 0.100. The lowest BCUT2D eigenvalue weighted by atomic mass is 10.1. The van der Waals surface area contributed by atoms with Gasteiger partial charge in [0.1, 0.15) is 11.5 Å². The van der Waals surface area contributed by atoms with Gasteiger partial charge in [0.25, 0.3) is 0 Å². The van der Waals surface area contributed by atoms with Gasteiger partial charge in [0.2, 0.25) is 0 Å². The van der Waals surface area contributed by atoms with Crippen molar-refractivity contribution >= 4 is 15.6 Å². The molecule has 6 heteroatoms. The van der Waals surface area contributed by atoms with E-state index >= 15 is 0 Å². The van der Waals surface area contributed by atoms with Crippen LogP contribution >= 0.6 is 0 Å². The van der Waals surface area contributed by atoms with Crippen molar-refractivity contribution in [2.24, 2.45) is 0 Å². The molecule has 2 rings (SSSR count). The zero-order valence-electron chi connectivity index (χ0n) is 8.97. The third-order valence-electron chi connectivity index (χ3n) is 2.81. The number of sulfone groups is 1. The summed E-state index contributed by atoms with van der Waals surface area (Å²) in [7, 11) is -2.97. The molecule has 1 atom stereocenters. The first-order valence-corrected chi connectivity index (χ1v) is 6.88. The molecule has 1 aromatic rings. The predicted octanol–water partition coefficient (Wildman–Crippen LogP) is 0.997. The van der Waals surface area contributed by atoms with E-state index in [0.29, 0.717) is 25.0 Å². The molecular weight excluding hydrogens is 230 g/mol. The third kappa shape index (κ3) is 2.16. The summed E-state index contributed by atoms with van der Waals surface area (Å²) in [6.45, 7) is 1.40. The van der Waals surface area contributed by atoms with E-state index in [1.807, 2.05) is 0 Å². The van der Waals surface area contributed by atoms with Gasteiger partial charge >= 0.3 is 0 Å². The minimum atomic E-state index is -2.97. The largest absolute Gasteiger partial charge is 0.361 e. The molecule has 0 N–H and O–H groups in total. The summed E-state index contributed by atoms with van der Waals surface area (Å²) >= 11 is 0. The minimum absolute atomic E-state index is 0.177. The molecule has 1 fully saturated rings. The van der Waals surface area contributed by atoms with Crippen LogP contribution in [0.5, 0.6) is 0 Å². The maximum Gasteiger partial charge on any atom is 0.181 e. The van der Waals surface area contributed by atoms with E-state index in [-0.39, 0.29) is 22.5 Å². The smallest absolute Gasteiger partial charge is 0.181 e. The fourth-order valence-electron chi connectivity index (χ4n) is 1.89. The molecule has 1 saturated heterocycles. The van der Waals surface area contributed by atoms with Crippen LogP contribution < -0.4 is 0 Å². The highest BCUT2D eigenvalue weighted by molar-refractivity contribution is 7.92. The van der Waals surface area contributed by atoms with Crippen LogP contribution in [0.3, 0.4) is 0 Å². The van der Waals surface area contributed by atoms with Crippen LogP contribution in [-0.2, 0) is 16.3 Å². The zero-order valence-corrected chi connectivity index (χ0v) is 9.79. The van der Waals surface area contributed by atoms with E-state index in [2.05, 4.69) is 5.16 Å². The molecule has 0 aliphatic carbocycles.